The van der Waals surface area contributed by atoms with Gasteiger partial charge in [0.05, 0.1) is 5.69 Å². The maximum atomic E-state index is 14.2. The van der Waals surface area contributed by atoms with Crippen LogP contribution in [-0.2, 0) is 16.1 Å². The number of rotatable bonds is 7. The van der Waals surface area contributed by atoms with Crippen LogP contribution in [0.3, 0.4) is 0 Å². The van der Waals surface area contributed by atoms with E-state index in [1.165, 1.54) is 11.3 Å². The summed E-state index contributed by atoms with van der Waals surface area (Å²) >= 11 is 1.33. The van der Waals surface area contributed by atoms with Gasteiger partial charge in [-0.05, 0) is 83.1 Å². The average Bonchev–Trinajstić information content (AvgIpc) is 3.52. The Morgan fingerprint density at radius 3 is 2.35 bits per heavy atom. The van der Waals surface area contributed by atoms with E-state index < -0.39 is 11.8 Å². The van der Waals surface area contributed by atoms with E-state index in [-0.39, 0.29) is 48.4 Å². The number of piperidine rings is 1. The van der Waals surface area contributed by atoms with Crippen molar-refractivity contribution in [2.75, 3.05) is 25.0 Å². The SMILES string of the molecule is Cc1oc(=O)oc1COC(=O)c1sc(-c2ccccc2)cc1N(C(=O)C1CCC(C)CC1)C1CCN(C)CC1.Cl. The van der Waals surface area contributed by atoms with Crippen LogP contribution in [0, 0.1) is 18.8 Å². The first kappa shape index (κ1) is 30.1. The van der Waals surface area contributed by atoms with Crippen LogP contribution in [0.4, 0.5) is 5.69 Å². The van der Waals surface area contributed by atoms with Crippen molar-refractivity contribution in [3.8, 4) is 10.4 Å². The molecule has 2 fully saturated rings. The van der Waals surface area contributed by atoms with Crippen LogP contribution in [0.2, 0.25) is 0 Å². The van der Waals surface area contributed by atoms with Gasteiger partial charge in [0.2, 0.25) is 5.91 Å². The Bertz CT molecular complexity index is 1350. The van der Waals surface area contributed by atoms with Gasteiger partial charge in [-0.3, -0.25) is 4.79 Å². The maximum absolute atomic E-state index is 14.2. The number of aryl methyl sites for hydroxylation is 1. The standard InChI is InChI=1S/C30H36N2O6S.ClH/c1-19-9-11-22(12-10-19)28(33)32(23-13-15-31(3)16-14-23)24-17-26(21-7-5-4-6-8-21)39-27(24)29(34)36-18-25-20(2)37-30(35)38-25;/h4-8,17,19,22-23H,9-16,18H2,1-3H3;1H. The van der Waals surface area contributed by atoms with Crippen LogP contribution >= 0.6 is 23.7 Å². The Labute approximate surface area is 244 Å². The number of hydrogen-bond acceptors (Lipinski definition) is 8. The molecule has 0 bridgehead atoms. The van der Waals surface area contributed by atoms with Crippen LogP contribution in [0.25, 0.3) is 10.4 Å². The molecular weight excluding hydrogens is 552 g/mol. The molecule has 0 N–H and O–H groups in total. The quantitative estimate of drug-likeness (QED) is 0.299. The molecule has 1 saturated carbocycles. The lowest BCUT2D eigenvalue weighted by atomic mass is 9.82. The molecule has 5 rings (SSSR count). The third-order valence-corrected chi connectivity index (χ3v) is 9.19. The minimum Gasteiger partial charge on any atom is -0.453 e. The zero-order valence-electron chi connectivity index (χ0n) is 23.2. The zero-order chi connectivity index (χ0) is 27.5. The highest BCUT2D eigenvalue weighted by molar-refractivity contribution is 7.18. The van der Waals surface area contributed by atoms with Crippen LogP contribution in [0.5, 0.6) is 0 Å². The lowest BCUT2D eigenvalue weighted by Crippen LogP contribution is -2.49. The van der Waals surface area contributed by atoms with Gasteiger partial charge in [-0.2, -0.15) is 0 Å². The number of thiophene rings is 1. The van der Waals surface area contributed by atoms with Gasteiger partial charge in [-0.25, -0.2) is 9.59 Å². The number of ether oxygens (including phenoxy) is 1. The van der Waals surface area contributed by atoms with Gasteiger partial charge in [0.25, 0.3) is 0 Å². The Balaban J connectivity index is 0.00000370. The van der Waals surface area contributed by atoms with E-state index in [9.17, 15) is 14.4 Å². The van der Waals surface area contributed by atoms with Crippen molar-refractivity contribution in [2.24, 2.45) is 11.8 Å². The maximum Gasteiger partial charge on any atom is 0.519 e. The van der Waals surface area contributed by atoms with E-state index >= 15 is 0 Å². The van der Waals surface area contributed by atoms with E-state index in [1.807, 2.05) is 41.3 Å². The first-order valence-corrected chi connectivity index (χ1v) is 14.6. The number of anilines is 1. The molecule has 0 atom stereocenters. The number of hydrogen-bond donors (Lipinski definition) is 0. The molecule has 1 amide bonds. The number of carbonyl (C=O) groups excluding carboxylic acids is 2. The second-order valence-corrected chi connectivity index (χ2v) is 12.0. The van der Waals surface area contributed by atoms with Crippen molar-refractivity contribution in [3.05, 3.63) is 63.4 Å². The molecule has 1 aliphatic heterocycles. The van der Waals surface area contributed by atoms with Crippen molar-refractivity contribution >= 4 is 41.3 Å². The number of halogens is 1. The van der Waals surface area contributed by atoms with E-state index in [0.717, 1.165) is 62.1 Å². The summed E-state index contributed by atoms with van der Waals surface area (Å²) in [6.07, 6.45) is 5.52. The number of carbonyl (C=O) groups is 2. The summed E-state index contributed by atoms with van der Waals surface area (Å²) in [7, 11) is 2.10. The van der Waals surface area contributed by atoms with Crippen molar-refractivity contribution in [1.29, 1.82) is 0 Å². The molecule has 10 heteroatoms. The normalized spacial score (nSPS) is 20.1. The lowest BCUT2D eigenvalue weighted by molar-refractivity contribution is -0.124. The summed E-state index contributed by atoms with van der Waals surface area (Å²) in [6.45, 7) is 5.40. The molecule has 3 heterocycles. The minimum absolute atomic E-state index is 0. The first-order chi connectivity index (χ1) is 18.8. The Morgan fingerprint density at radius 1 is 1.05 bits per heavy atom. The molecule has 3 aromatic rings. The topological polar surface area (TPSA) is 93.2 Å². The minimum atomic E-state index is -0.831. The fourth-order valence-corrected chi connectivity index (χ4v) is 6.65. The molecule has 216 valence electrons. The van der Waals surface area contributed by atoms with Crippen LogP contribution in [0.1, 0.15) is 66.6 Å². The summed E-state index contributed by atoms with van der Waals surface area (Å²) in [5, 5.41) is 0. The van der Waals surface area contributed by atoms with Gasteiger partial charge < -0.3 is 23.4 Å². The average molecular weight is 589 g/mol. The Hall–Kier alpha value is -2.88. The fraction of sp³-hybridized carbons (Fsp3) is 0.500. The fourth-order valence-electron chi connectivity index (χ4n) is 5.61. The van der Waals surface area contributed by atoms with E-state index in [0.29, 0.717) is 16.5 Å². The van der Waals surface area contributed by atoms with Gasteiger partial charge in [0.15, 0.2) is 18.1 Å². The molecule has 0 spiro atoms. The van der Waals surface area contributed by atoms with E-state index in [1.54, 1.807) is 6.92 Å². The lowest BCUT2D eigenvalue weighted by Gasteiger charge is -2.40. The van der Waals surface area contributed by atoms with Gasteiger partial charge in [-0.1, -0.05) is 37.3 Å². The highest BCUT2D eigenvalue weighted by Gasteiger charge is 2.37. The molecule has 1 aromatic carbocycles. The Morgan fingerprint density at radius 2 is 1.73 bits per heavy atom. The molecule has 1 saturated heterocycles. The number of benzene rings is 1. The number of amides is 1. The molecule has 1 aliphatic carbocycles. The Kier molecular flexibility index (Phi) is 9.92. The second kappa shape index (κ2) is 13.2. The molecule has 8 nitrogen and oxygen atoms in total. The van der Waals surface area contributed by atoms with Gasteiger partial charge in [-0.15, -0.1) is 23.7 Å². The summed E-state index contributed by atoms with van der Waals surface area (Å²) in [4.78, 5) is 44.7. The largest absolute Gasteiger partial charge is 0.519 e. The molecular formula is C30H37ClN2O6S. The van der Waals surface area contributed by atoms with Crippen molar-refractivity contribution in [1.82, 2.24) is 4.90 Å². The smallest absolute Gasteiger partial charge is 0.453 e. The number of nitrogens with zero attached hydrogens (tertiary/aromatic N) is 2. The molecule has 0 unspecified atom stereocenters. The molecule has 40 heavy (non-hydrogen) atoms. The van der Waals surface area contributed by atoms with Gasteiger partial charge in [0.1, 0.15) is 4.88 Å². The van der Waals surface area contributed by atoms with Crippen LogP contribution in [0.15, 0.2) is 50.0 Å². The summed E-state index contributed by atoms with van der Waals surface area (Å²) < 4.78 is 15.5. The third kappa shape index (κ3) is 6.70. The molecule has 0 radical (unpaired) electrons. The van der Waals surface area contributed by atoms with Crippen LogP contribution < -0.4 is 10.7 Å². The second-order valence-electron chi connectivity index (χ2n) is 10.9. The zero-order valence-corrected chi connectivity index (χ0v) is 24.9. The highest BCUT2D eigenvalue weighted by Crippen LogP contribution is 2.41. The van der Waals surface area contributed by atoms with Crippen molar-refractivity contribution < 1.29 is 23.2 Å². The predicted octanol–water partition coefficient (Wildman–Crippen LogP) is 6.30. The summed E-state index contributed by atoms with van der Waals surface area (Å²) in [5.74, 6) is -0.236. The highest BCUT2D eigenvalue weighted by atomic mass is 35.5. The summed E-state index contributed by atoms with van der Waals surface area (Å²) in [6, 6.07) is 11.8. The van der Waals surface area contributed by atoms with Crippen LogP contribution in [-0.4, -0.2) is 43.0 Å². The van der Waals surface area contributed by atoms with Gasteiger partial charge >= 0.3 is 11.8 Å². The monoisotopic (exact) mass is 588 g/mol. The predicted molar refractivity (Wildman–Crippen MR) is 157 cm³/mol. The third-order valence-electron chi connectivity index (χ3n) is 8.04. The first-order valence-electron chi connectivity index (χ1n) is 13.8. The van der Waals surface area contributed by atoms with E-state index in [2.05, 4.69) is 18.9 Å². The van der Waals surface area contributed by atoms with Crippen molar-refractivity contribution in [3.63, 3.8) is 0 Å². The van der Waals surface area contributed by atoms with Crippen molar-refractivity contribution in [2.45, 2.75) is 65.0 Å². The molecule has 2 aromatic heterocycles. The molecule has 2 aliphatic rings. The van der Waals surface area contributed by atoms with E-state index in [4.69, 9.17) is 13.6 Å². The number of likely N-dealkylation sites (tertiary alicyclic amines) is 1. The number of esters is 1. The van der Waals surface area contributed by atoms with Gasteiger partial charge in [0, 0.05) is 16.8 Å². The summed E-state index contributed by atoms with van der Waals surface area (Å²) in [5.41, 5.74) is 1.59.